The van der Waals surface area contributed by atoms with Crippen molar-refractivity contribution >= 4 is 48.9 Å². The van der Waals surface area contributed by atoms with Crippen LogP contribution in [0.2, 0.25) is 0 Å². The van der Waals surface area contributed by atoms with Crippen molar-refractivity contribution in [2.75, 3.05) is 11.1 Å². The lowest BCUT2D eigenvalue weighted by atomic mass is 10.2. The van der Waals surface area contributed by atoms with Crippen molar-refractivity contribution in [2.24, 2.45) is 0 Å². The maximum atomic E-state index is 13.4. The smallest absolute Gasteiger partial charge is 0.139 e. The second-order valence-corrected chi connectivity index (χ2v) is 5.26. The fourth-order valence-electron chi connectivity index (χ4n) is 1.36. The van der Waals surface area contributed by atoms with E-state index in [1.165, 1.54) is 12.1 Å². The normalized spacial score (nSPS) is 10.3. The fraction of sp³-hybridized carbons (Fsp3) is 0. The molecule has 2 nitrogen and oxygen atoms in total. The highest BCUT2D eigenvalue weighted by Gasteiger charge is 2.06. The molecule has 0 heterocycles. The summed E-state index contributed by atoms with van der Waals surface area (Å²) >= 11 is 6.43. The molecular formula is C12H9Br2FN2. The molecule has 17 heavy (non-hydrogen) atoms. The van der Waals surface area contributed by atoms with Crippen molar-refractivity contribution in [3.8, 4) is 0 Å². The van der Waals surface area contributed by atoms with E-state index in [0.717, 1.165) is 10.2 Å². The van der Waals surface area contributed by atoms with Gasteiger partial charge in [0.1, 0.15) is 5.82 Å². The Morgan fingerprint density at radius 3 is 2.35 bits per heavy atom. The van der Waals surface area contributed by atoms with Crippen molar-refractivity contribution in [2.45, 2.75) is 0 Å². The second kappa shape index (κ2) is 5.06. The maximum Gasteiger partial charge on any atom is 0.139 e. The van der Waals surface area contributed by atoms with Crippen LogP contribution in [-0.4, -0.2) is 0 Å². The zero-order valence-electron chi connectivity index (χ0n) is 8.68. The van der Waals surface area contributed by atoms with E-state index in [4.69, 9.17) is 5.73 Å². The molecule has 0 spiro atoms. The lowest BCUT2D eigenvalue weighted by molar-refractivity contribution is 0.622. The van der Waals surface area contributed by atoms with E-state index in [2.05, 4.69) is 37.2 Å². The average molecular weight is 360 g/mol. The molecule has 0 unspecified atom stereocenters. The minimum atomic E-state index is -0.348. The molecule has 3 N–H and O–H groups in total. The van der Waals surface area contributed by atoms with Gasteiger partial charge in [0, 0.05) is 16.2 Å². The van der Waals surface area contributed by atoms with Gasteiger partial charge in [-0.2, -0.15) is 0 Å². The lowest BCUT2D eigenvalue weighted by Crippen LogP contribution is -1.97. The summed E-state index contributed by atoms with van der Waals surface area (Å²) in [7, 11) is 0. The number of benzene rings is 2. The summed E-state index contributed by atoms with van der Waals surface area (Å²) in [5.74, 6) is -0.348. The van der Waals surface area contributed by atoms with Gasteiger partial charge in [0.15, 0.2) is 0 Å². The molecule has 5 heteroatoms. The van der Waals surface area contributed by atoms with E-state index in [9.17, 15) is 4.39 Å². The molecule has 0 fully saturated rings. The van der Waals surface area contributed by atoms with Crippen LogP contribution in [-0.2, 0) is 0 Å². The topological polar surface area (TPSA) is 38.0 Å². The Morgan fingerprint density at radius 2 is 1.71 bits per heavy atom. The Hall–Kier alpha value is -1.07. The van der Waals surface area contributed by atoms with Gasteiger partial charge in [-0.25, -0.2) is 4.39 Å². The van der Waals surface area contributed by atoms with Gasteiger partial charge in [0.05, 0.1) is 15.8 Å². The van der Waals surface area contributed by atoms with E-state index in [0.29, 0.717) is 15.8 Å². The van der Waals surface area contributed by atoms with Crippen molar-refractivity contribution < 1.29 is 4.39 Å². The molecule has 0 aliphatic rings. The molecular weight excluding hydrogens is 351 g/mol. The van der Waals surface area contributed by atoms with Crippen LogP contribution in [0.3, 0.4) is 0 Å². The van der Waals surface area contributed by atoms with Crippen LogP contribution in [0.25, 0.3) is 0 Å². The quantitative estimate of drug-likeness (QED) is 0.764. The number of nitrogens with one attached hydrogen (secondary N) is 1. The number of nitrogen functional groups attached to an aromatic ring is 1. The molecule has 0 saturated carbocycles. The van der Waals surface area contributed by atoms with Gasteiger partial charge >= 0.3 is 0 Å². The minimum Gasteiger partial charge on any atom is -0.397 e. The van der Waals surface area contributed by atoms with Crippen LogP contribution in [0.15, 0.2) is 45.3 Å². The third kappa shape index (κ3) is 2.98. The second-order valence-electron chi connectivity index (χ2n) is 3.49. The molecule has 2 rings (SSSR count). The van der Waals surface area contributed by atoms with E-state index < -0.39 is 0 Å². The highest BCUT2D eigenvalue weighted by Crippen LogP contribution is 2.29. The SMILES string of the molecule is Nc1cc(Br)c(F)cc1Nc1ccc(Br)cc1. The van der Waals surface area contributed by atoms with E-state index >= 15 is 0 Å². The molecule has 0 saturated heterocycles. The number of anilines is 3. The molecule has 0 amide bonds. The van der Waals surface area contributed by atoms with E-state index in [-0.39, 0.29) is 5.82 Å². The monoisotopic (exact) mass is 358 g/mol. The number of halogens is 3. The summed E-state index contributed by atoms with van der Waals surface area (Å²) in [6.07, 6.45) is 0. The Balaban J connectivity index is 2.30. The number of rotatable bonds is 2. The predicted molar refractivity (Wildman–Crippen MR) is 75.9 cm³/mol. The van der Waals surface area contributed by atoms with Crippen LogP contribution in [0.5, 0.6) is 0 Å². The number of hydrogen-bond acceptors (Lipinski definition) is 2. The summed E-state index contributed by atoms with van der Waals surface area (Å²) in [4.78, 5) is 0. The Morgan fingerprint density at radius 1 is 1.06 bits per heavy atom. The Bertz CT molecular complexity index is 541. The highest BCUT2D eigenvalue weighted by molar-refractivity contribution is 9.10. The molecule has 0 bridgehead atoms. The van der Waals surface area contributed by atoms with Crippen LogP contribution in [0.4, 0.5) is 21.5 Å². The molecule has 2 aromatic carbocycles. The summed E-state index contributed by atoms with van der Waals surface area (Å²) in [6, 6.07) is 10.5. The van der Waals surface area contributed by atoms with Crippen LogP contribution in [0.1, 0.15) is 0 Å². The standard InChI is InChI=1S/C12H9Br2FN2/c13-7-1-3-8(4-2-7)17-12-6-10(15)9(14)5-11(12)16/h1-6,17H,16H2. The first kappa shape index (κ1) is 12.4. The molecule has 0 aromatic heterocycles. The van der Waals surface area contributed by atoms with Crippen molar-refractivity contribution in [3.63, 3.8) is 0 Å². The fourth-order valence-corrected chi connectivity index (χ4v) is 1.98. The van der Waals surface area contributed by atoms with Crippen LogP contribution >= 0.6 is 31.9 Å². The minimum absolute atomic E-state index is 0.348. The average Bonchev–Trinajstić information content (AvgIpc) is 2.29. The molecule has 2 aromatic rings. The molecule has 0 aliphatic heterocycles. The Labute approximate surface area is 115 Å². The van der Waals surface area contributed by atoms with Gasteiger partial charge in [0.2, 0.25) is 0 Å². The summed E-state index contributed by atoms with van der Waals surface area (Å²) < 4.78 is 14.7. The third-order valence-electron chi connectivity index (χ3n) is 2.22. The van der Waals surface area contributed by atoms with Crippen molar-refractivity contribution in [3.05, 3.63) is 51.2 Å². The van der Waals surface area contributed by atoms with Crippen LogP contribution in [0, 0.1) is 5.82 Å². The molecule has 0 radical (unpaired) electrons. The summed E-state index contributed by atoms with van der Waals surface area (Å²) in [6.45, 7) is 0. The first-order valence-electron chi connectivity index (χ1n) is 4.83. The Kier molecular flexibility index (Phi) is 3.69. The number of hydrogen-bond donors (Lipinski definition) is 2. The predicted octanol–water partition coefficient (Wildman–Crippen LogP) is 4.68. The van der Waals surface area contributed by atoms with Crippen LogP contribution < -0.4 is 11.1 Å². The molecule has 0 atom stereocenters. The number of nitrogens with two attached hydrogens (primary N) is 1. The summed E-state index contributed by atoms with van der Waals surface area (Å²) in [5, 5.41) is 3.06. The zero-order chi connectivity index (χ0) is 12.4. The van der Waals surface area contributed by atoms with Crippen molar-refractivity contribution in [1.82, 2.24) is 0 Å². The summed E-state index contributed by atoms with van der Waals surface area (Å²) in [5.41, 5.74) is 7.68. The van der Waals surface area contributed by atoms with Gasteiger partial charge in [-0.1, -0.05) is 15.9 Å². The van der Waals surface area contributed by atoms with E-state index in [1.54, 1.807) is 0 Å². The van der Waals surface area contributed by atoms with Crippen molar-refractivity contribution in [1.29, 1.82) is 0 Å². The maximum absolute atomic E-state index is 13.4. The van der Waals surface area contributed by atoms with Gasteiger partial charge in [-0.05, 0) is 46.3 Å². The zero-order valence-corrected chi connectivity index (χ0v) is 11.8. The van der Waals surface area contributed by atoms with Gasteiger partial charge in [-0.15, -0.1) is 0 Å². The first-order valence-corrected chi connectivity index (χ1v) is 6.42. The largest absolute Gasteiger partial charge is 0.397 e. The van der Waals surface area contributed by atoms with E-state index in [1.807, 2.05) is 24.3 Å². The third-order valence-corrected chi connectivity index (χ3v) is 3.35. The highest BCUT2D eigenvalue weighted by atomic mass is 79.9. The molecule has 0 aliphatic carbocycles. The lowest BCUT2D eigenvalue weighted by Gasteiger charge is -2.10. The first-order chi connectivity index (χ1) is 8.06. The van der Waals surface area contributed by atoms with Gasteiger partial charge in [-0.3, -0.25) is 0 Å². The molecule has 88 valence electrons. The van der Waals surface area contributed by atoms with Gasteiger partial charge < -0.3 is 11.1 Å². The van der Waals surface area contributed by atoms with Gasteiger partial charge in [0.25, 0.3) is 0 Å².